The number of guanidine groups is 1. The Morgan fingerprint density at radius 2 is 1.67 bits per heavy atom. The minimum atomic E-state index is -0.785. The number of hydrogen-bond acceptors (Lipinski definition) is 3. The zero-order chi connectivity index (χ0) is 15.1. The van der Waals surface area contributed by atoms with Crippen LogP contribution < -0.4 is 11.1 Å². The van der Waals surface area contributed by atoms with E-state index in [9.17, 15) is 4.79 Å². The van der Waals surface area contributed by atoms with E-state index in [1.54, 1.807) is 12.1 Å². The molecule has 0 aliphatic carbocycles. The highest BCUT2D eigenvalue weighted by atomic mass is 16.5. The van der Waals surface area contributed by atoms with Crippen molar-refractivity contribution < 1.29 is 9.53 Å². The fraction of sp³-hybridized carbons (Fsp3) is 0.125. The van der Waals surface area contributed by atoms with Gasteiger partial charge in [-0.2, -0.15) is 0 Å². The third-order valence-corrected chi connectivity index (χ3v) is 2.85. The molecule has 2 aromatic carbocycles. The van der Waals surface area contributed by atoms with Gasteiger partial charge in [-0.25, -0.2) is 9.79 Å². The minimum Gasteiger partial charge on any atom is -0.467 e. The molecule has 0 spiro atoms. The normalized spacial score (nSPS) is 12.5. The van der Waals surface area contributed by atoms with Crippen LogP contribution in [0.2, 0.25) is 0 Å². The largest absolute Gasteiger partial charge is 0.467 e. The average Bonchev–Trinajstić information content (AvgIpc) is 2.53. The fourth-order valence-electron chi connectivity index (χ4n) is 1.85. The number of ether oxygens (including phenoxy) is 1. The molecule has 0 heterocycles. The Kier molecular flexibility index (Phi) is 4.93. The fourth-order valence-corrected chi connectivity index (χ4v) is 1.85. The summed E-state index contributed by atoms with van der Waals surface area (Å²) in [4.78, 5) is 16.1. The molecule has 3 N–H and O–H groups in total. The smallest absolute Gasteiger partial charge is 0.335 e. The molecule has 0 aliphatic heterocycles. The number of hydrogen-bond donors (Lipinski definition) is 2. The van der Waals surface area contributed by atoms with Crippen LogP contribution in [0, 0.1) is 0 Å². The van der Waals surface area contributed by atoms with Gasteiger partial charge >= 0.3 is 5.97 Å². The van der Waals surface area contributed by atoms with Crippen molar-refractivity contribution in [2.75, 3.05) is 12.4 Å². The number of carbonyl (C=O) groups excluding carboxylic acids is 1. The monoisotopic (exact) mass is 283 g/mol. The molecule has 0 amide bonds. The number of benzene rings is 2. The molecule has 2 rings (SSSR count). The predicted molar refractivity (Wildman–Crippen MR) is 82.9 cm³/mol. The second-order valence-corrected chi connectivity index (χ2v) is 4.34. The van der Waals surface area contributed by atoms with E-state index < -0.39 is 12.0 Å². The van der Waals surface area contributed by atoms with E-state index in [1.807, 2.05) is 48.5 Å². The van der Waals surface area contributed by atoms with Crippen molar-refractivity contribution in [1.29, 1.82) is 0 Å². The number of carbonyl (C=O) groups is 1. The molecule has 5 nitrogen and oxygen atoms in total. The van der Waals surface area contributed by atoms with E-state index in [-0.39, 0.29) is 5.96 Å². The number of nitrogens with one attached hydrogen (secondary N) is 1. The van der Waals surface area contributed by atoms with Crippen molar-refractivity contribution in [1.82, 2.24) is 0 Å². The lowest BCUT2D eigenvalue weighted by Crippen LogP contribution is -2.25. The highest BCUT2D eigenvalue weighted by Crippen LogP contribution is 2.18. The molecule has 2 aromatic rings. The lowest BCUT2D eigenvalue weighted by molar-refractivity contribution is -0.142. The molecular formula is C16H17N3O2. The lowest BCUT2D eigenvalue weighted by Gasteiger charge is -2.12. The molecule has 21 heavy (non-hydrogen) atoms. The summed E-state index contributed by atoms with van der Waals surface area (Å²) in [6, 6.07) is 17.7. The first-order valence-corrected chi connectivity index (χ1v) is 6.49. The molecule has 1 atom stereocenters. The Labute approximate surface area is 123 Å². The summed E-state index contributed by atoms with van der Waals surface area (Å²) in [7, 11) is 1.33. The van der Waals surface area contributed by atoms with E-state index in [0.717, 1.165) is 11.3 Å². The van der Waals surface area contributed by atoms with Gasteiger partial charge in [-0.3, -0.25) is 0 Å². The van der Waals surface area contributed by atoms with Crippen LogP contribution in [-0.4, -0.2) is 19.0 Å². The van der Waals surface area contributed by atoms with Crippen molar-refractivity contribution in [3.8, 4) is 0 Å². The van der Waals surface area contributed by atoms with Gasteiger partial charge in [-0.15, -0.1) is 0 Å². The molecule has 0 saturated heterocycles. The van der Waals surface area contributed by atoms with Gasteiger partial charge in [0.2, 0.25) is 0 Å². The van der Waals surface area contributed by atoms with Crippen LogP contribution in [0.5, 0.6) is 0 Å². The first kappa shape index (κ1) is 14.6. The molecule has 0 aromatic heterocycles. The third kappa shape index (κ3) is 4.07. The van der Waals surface area contributed by atoms with E-state index in [4.69, 9.17) is 10.5 Å². The topological polar surface area (TPSA) is 76.7 Å². The summed E-state index contributed by atoms with van der Waals surface area (Å²) in [5, 5.41) is 2.94. The summed E-state index contributed by atoms with van der Waals surface area (Å²) in [6.45, 7) is 0. The first-order valence-electron chi connectivity index (χ1n) is 6.49. The standard InChI is InChI=1S/C16H17N3O2/c1-21-15(20)14(12-8-4-2-5-9-12)19-16(17)18-13-10-6-3-7-11-13/h2-11,14H,1H3,(H3,17,18,19). The van der Waals surface area contributed by atoms with Crippen LogP contribution >= 0.6 is 0 Å². The van der Waals surface area contributed by atoms with Crippen LogP contribution in [0.1, 0.15) is 11.6 Å². The third-order valence-electron chi connectivity index (χ3n) is 2.85. The molecule has 108 valence electrons. The van der Waals surface area contributed by atoms with Crippen LogP contribution in [0.25, 0.3) is 0 Å². The summed E-state index contributed by atoms with van der Waals surface area (Å²) >= 11 is 0. The lowest BCUT2D eigenvalue weighted by atomic mass is 10.1. The number of aliphatic imine (C=N–C) groups is 1. The average molecular weight is 283 g/mol. The Morgan fingerprint density at radius 1 is 1.10 bits per heavy atom. The predicted octanol–water partition coefficient (Wildman–Crippen LogP) is 2.33. The van der Waals surface area contributed by atoms with Gasteiger partial charge < -0.3 is 15.8 Å². The number of esters is 1. The number of rotatable bonds is 4. The summed E-state index contributed by atoms with van der Waals surface area (Å²) in [6.07, 6.45) is 0. The Balaban J connectivity index is 2.22. The molecule has 0 radical (unpaired) electrons. The van der Waals surface area contributed by atoms with Crippen molar-refractivity contribution in [2.24, 2.45) is 10.7 Å². The van der Waals surface area contributed by atoms with Gasteiger partial charge in [-0.05, 0) is 17.7 Å². The van der Waals surface area contributed by atoms with E-state index in [0.29, 0.717) is 0 Å². The maximum absolute atomic E-state index is 11.9. The van der Waals surface area contributed by atoms with Crippen molar-refractivity contribution >= 4 is 17.6 Å². The molecule has 5 heteroatoms. The van der Waals surface area contributed by atoms with Crippen LogP contribution in [0.15, 0.2) is 65.7 Å². The highest BCUT2D eigenvalue weighted by molar-refractivity contribution is 5.94. The second-order valence-electron chi connectivity index (χ2n) is 4.34. The van der Waals surface area contributed by atoms with Gasteiger partial charge in [-0.1, -0.05) is 48.5 Å². The molecule has 0 fully saturated rings. The van der Waals surface area contributed by atoms with Crippen molar-refractivity contribution in [3.63, 3.8) is 0 Å². The molecule has 0 aliphatic rings. The molecule has 0 saturated carbocycles. The van der Waals surface area contributed by atoms with Crippen molar-refractivity contribution in [2.45, 2.75) is 6.04 Å². The van der Waals surface area contributed by atoms with Crippen LogP contribution in [-0.2, 0) is 9.53 Å². The van der Waals surface area contributed by atoms with Crippen LogP contribution in [0.3, 0.4) is 0 Å². The maximum Gasteiger partial charge on any atom is 0.335 e. The summed E-state index contributed by atoms with van der Waals surface area (Å²) < 4.78 is 4.79. The summed E-state index contributed by atoms with van der Waals surface area (Å²) in [5.41, 5.74) is 7.39. The Bertz CT molecular complexity index is 612. The second kappa shape index (κ2) is 7.09. The zero-order valence-corrected chi connectivity index (χ0v) is 11.7. The Morgan fingerprint density at radius 3 is 2.24 bits per heavy atom. The summed E-state index contributed by atoms with van der Waals surface area (Å²) in [5.74, 6) is -0.306. The van der Waals surface area contributed by atoms with E-state index in [1.165, 1.54) is 7.11 Å². The maximum atomic E-state index is 11.9. The number of methoxy groups -OCH3 is 1. The molecule has 1 unspecified atom stereocenters. The van der Waals surface area contributed by atoms with Crippen molar-refractivity contribution in [3.05, 3.63) is 66.2 Å². The van der Waals surface area contributed by atoms with Gasteiger partial charge in [0.25, 0.3) is 0 Å². The number of para-hydroxylation sites is 1. The quantitative estimate of drug-likeness (QED) is 0.513. The van der Waals surface area contributed by atoms with Gasteiger partial charge in [0.1, 0.15) is 0 Å². The molecule has 0 bridgehead atoms. The molecular weight excluding hydrogens is 266 g/mol. The van der Waals surface area contributed by atoms with Gasteiger partial charge in [0.15, 0.2) is 12.0 Å². The number of nitrogens with two attached hydrogens (primary N) is 1. The number of nitrogens with zero attached hydrogens (tertiary/aromatic N) is 1. The van der Waals surface area contributed by atoms with Gasteiger partial charge in [0, 0.05) is 5.69 Å². The minimum absolute atomic E-state index is 0.153. The van der Waals surface area contributed by atoms with Gasteiger partial charge in [0.05, 0.1) is 7.11 Å². The van der Waals surface area contributed by atoms with E-state index >= 15 is 0 Å². The van der Waals surface area contributed by atoms with E-state index in [2.05, 4.69) is 10.3 Å². The highest BCUT2D eigenvalue weighted by Gasteiger charge is 2.20. The SMILES string of the molecule is COC(=O)C(N=C(N)Nc1ccccc1)c1ccccc1. The number of anilines is 1. The first-order chi connectivity index (χ1) is 10.2. The zero-order valence-electron chi connectivity index (χ0n) is 11.7. The Hall–Kier alpha value is -2.82. The van der Waals surface area contributed by atoms with Crippen LogP contribution in [0.4, 0.5) is 5.69 Å².